The lowest BCUT2D eigenvalue weighted by atomic mass is 10.1. The van der Waals surface area contributed by atoms with Gasteiger partial charge in [0, 0.05) is 5.02 Å². The average molecular weight is 462 g/mol. The zero-order valence-corrected chi connectivity index (χ0v) is 17.5. The highest BCUT2D eigenvalue weighted by atomic mass is 35.5. The van der Waals surface area contributed by atoms with E-state index in [1.54, 1.807) is 36.4 Å². The number of anilines is 1. The number of benzene rings is 3. The van der Waals surface area contributed by atoms with Gasteiger partial charge in [-0.15, -0.1) is 0 Å². The summed E-state index contributed by atoms with van der Waals surface area (Å²) in [6.45, 7) is 0. The number of hydrogen-bond acceptors (Lipinski definition) is 4. The summed E-state index contributed by atoms with van der Waals surface area (Å²) in [5.41, 5.74) is 5.22. The van der Waals surface area contributed by atoms with Crippen LogP contribution in [0, 0.1) is 5.82 Å². The van der Waals surface area contributed by atoms with Crippen LogP contribution in [0.2, 0.25) is 5.02 Å². The minimum Gasteiger partial charge on any atom is -0.279 e. The molecular formula is C21H17ClFN3O4S. The third-order valence-electron chi connectivity index (χ3n) is 4.13. The summed E-state index contributed by atoms with van der Waals surface area (Å²) >= 11 is 5.80. The van der Waals surface area contributed by atoms with Gasteiger partial charge < -0.3 is 0 Å². The van der Waals surface area contributed by atoms with Crippen LogP contribution in [0.3, 0.4) is 0 Å². The lowest BCUT2D eigenvalue weighted by molar-refractivity contribution is -0.121. The van der Waals surface area contributed by atoms with Crippen LogP contribution in [0.5, 0.6) is 0 Å². The maximum Gasteiger partial charge on any atom is 0.271 e. The van der Waals surface area contributed by atoms with Crippen molar-refractivity contribution in [1.29, 1.82) is 0 Å². The van der Waals surface area contributed by atoms with Crippen LogP contribution in [0.25, 0.3) is 0 Å². The Labute approximate surface area is 183 Å². The molecule has 2 amide bonds. The molecule has 0 aliphatic carbocycles. The van der Waals surface area contributed by atoms with Gasteiger partial charge in [0.25, 0.3) is 15.9 Å². The first-order valence-electron chi connectivity index (χ1n) is 8.95. The summed E-state index contributed by atoms with van der Waals surface area (Å²) in [6.07, 6.45) is 0.0102. The number of carbonyl (C=O) groups is 2. The van der Waals surface area contributed by atoms with Crippen molar-refractivity contribution in [3.05, 3.63) is 94.8 Å². The Morgan fingerprint density at radius 1 is 0.871 bits per heavy atom. The third kappa shape index (κ3) is 6.03. The number of sulfonamides is 1. The second kappa shape index (κ2) is 9.59. The third-order valence-corrected chi connectivity index (χ3v) is 5.77. The number of rotatable bonds is 6. The second-order valence-electron chi connectivity index (χ2n) is 6.41. The Morgan fingerprint density at radius 3 is 2.19 bits per heavy atom. The molecule has 0 fully saturated rings. The molecule has 0 aliphatic heterocycles. The van der Waals surface area contributed by atoms with Crippen molar-refractivity contribution in [3.63, 3.8) is 0 Å². The van der Waals surface area contributed by atoms with Gasteiger partial charge in [-0.1, -0.05) is 35.9 Å². The molecule has 3 aromatic carbocycles. The number of amides is 2. The Kier molecular flexibility index (Phi) is 6.88. The van der Waals surface area contributed by atoms with E-state index in [0.29, 0.717) is 10.6 Å². The molecule has 0 aliphatic rings. The van der Waals surface area contributed by atoms with E-state index in [0.717, 1.165) is 24.3 Å². The van der Waals surface area contributed by atoms with Crippen LogP contribution in [0.4, 0.5) is 10.1 Å². The lowest BCUT2D eigenvalue weighted by Crippen LogP contribution is -2.42. The van der Waals surface area contributed by atoms with Crippen LogP contribution in [0.15, 0.2) is 77.7 Å². The lowest BCUT2D eigenvalue weighted by Gasteiger charge is -2.13. The van der Waals surface area contributed by atoms with Crippen molar-refractivity contribution >= 4 is 39.1 Å². The van der Waals surface area contributed by atoms with Crippen molar-refractivity contribution < 1.29 is 22.4 Å². The minimum atomic E-state index is -4.06. The van der Waals surface area contributed by atoms with Gasteiger partial charge in [-0.3, -0.25) is 25.2 Å². The molecule has 0 atom stereocenters. The zero-order valence-electron chi connectivity index (χ0n) is 15.9. The Hall–Kier alpha value is -3.43. The van der Waals surface area contributed by atoms with E-state index >= 15 is 0 Å². The number of para-hydroxylation sites is 1. The molecular weight excluding hydrogens is 445 g/mol. The summed E-state index contributed by atoms with van der Waals surface area (Å²) in [7, 11) is -4.06. The van der Waals surface area contributed by atoms with Gasteiger partial charge in [0.2, 0.25) is 5.91 Å². The molecule has 160 valence electrons. The quantitative estimate of drug-likeness (QED) is 0.490. The predicted molar refractivity (Wildman–Crippen MR) is 114 cm³/mol. The molecule has 7 nitrogen and oxygen atoms in total. The van der Waals surface area contributed by atoms with Crippen molar-refractivity contribution in [3.8, 4) is 0 Å². The van der Waals surface area contributed by atoms with Gasteiger partial charge in [0.1, 0.15) is 5.82 Å². The number of halogens is 2. The Balaban J connectivity index is 1.67. The molecule has 0 heterocycles. The van der Waals surface area contributed by atoms with E-state index in [1.807, 2.05) is 0 Å². The second-order valence-corrected chi connectivity index (χ2v) is 8.53. The first-order chi connectivity index (χ1) is 14.7. The summed E-state index contributed by atoms with van der Waals surface area (Å²) < 4.78 is 40.4. The molecule has 3 rings (SSSR count). The fourth-order valence-electron chi connectivity index (χ4n) is 2.61. The Morgan fingerprint density at radius 2 is 1.52 bits per heavy atom. The number of hydrazine groups is 1. The highest BCUT2D eigenvalue weighted by Crippen LogP contribution is 2.20. The highest BCUT2D eigenvalue weighted by Gasteiger charge is 2.19. The van der Waals surface area contributed by atoms with E-state index in [4.69, 9.17) is 11.6 Å². The molecule has 31 heavy (non-hydrogen) atoms. The summed E-state index contributed by atoms with van der Waals surface area (Å²) in [5, 5.41) is 0.539. The smallest absolute Gasteiger partial charge is 0.271 e. The standard InChI is InChI=1S/C21H17ClFN3O4S/c22-15-7-5-14(6-8-15)13-20(27)24-25-21(28)18-3-1-2-4-19(18)26-31(29,30)17-11-9-16(23)10-12-17/h1-12,26H,13H2,(H,24,27)(H,25,28). The fourth-order valence-corrected chi connectivity index (χ4v) is 3.82. The molecule has 0 spiro atoms. The van der Waals surface area contributed by atoms with Gasteiger partial charge in [0.05, 0.1) is 22.6 Å². The van der Waals surface area contributed by atoms with Gasteiger partial charge in [-0.05, 0) is 54.1 Å². The van der Waals surface area contributed by atoms with Gasteiger partial charge in [0.15, 0.2) is 0 Å². The van der Waals surface area contributed by atoms with Gasteiger partial charge in [-0.25, -0.2) is 12.8 Å². The predicted octanol–water partition coefficient (Wildman–Crippen LogP) is 3.28. The van der Waals surface area contributed by atoms with Crippen LogP contribution in [-0.2, 0) is 21.2 Å². The molecule has 0 unspecified atom stereocenters. The molecule has 0 bridgehead atoms. The Bertz CT molecular complexity index is 1200. The zero-order chi connectivity index (χ0) is 22.4. The minimum absolute atomic E-state index is 0.00345. The maximum atomic E-state index is 13.1. The SMILES string of the molecule is O=C(Cc1ccc(Cl)cc1)NNC(=O)c1ccccc1NS(=O)(=O)c1ccc(F)cc1. The van der Waals surface area contributed by atoms with E-state index in [-0.39, 0.29) is 22.6 Å². The monoisotopic (exact) mass is 461 g/mol. The normalized spacial score (nSPS) is 10.9. The van der Waals surface area contributed by atoms with Crippen molar-refractivity contribution in [2.75, 3.05) is 4.72 Å². The molecule has 0 saturated heterocycles. The van der Waals surface area contributed by atoms with Crippen LogP contribution in [-0.4, -0.2) is 20.2 Å². The first-order valence-corrected chi connectivity index (χ1v) is 10.8. The summed E-state index contributed by atoms with van der Waals surface area (Å²) in [6, 6.07) is 16.8. The van der Waals surface area contributed by atoms with Crippen molar-refractivity contribution in [1.82, 2.24) is 10.9 Å². The molecule has 3 aromatic rings. The maximum absolute atomic E-state index is 13.1. The van der Waals surface area contributed by atoms with Crippen molar-refractivity contribution in [2.24, 2.45) is 0 Å². The van der Waals surface area contributed by atoms with Gasteiger partial charge in [-0.2, -0.15) is 0 Å². The van der Waals surface area contributed by atoms with E-state index in [1.165, 1.54) is 12.1 Å². The number of carbonyl (C=O) groups excluding carboxylic acids is 2. The van der Waals surface area contributed by atoms with E-state index in [2.05, 4.69) is 15.6 Å². The van der Waals surface area contributed by atoms with Crippen LogP contribution >= 0.6 is 11.6 Å². The van der Waals surface area contributed by atoms with E-state index < -0.39 is 27.7 Å². The van der Waals surface area contributed by atoms with Crippen molar-refractivity contribution in [2.45, 2.75) is 11.3 Å². The topological polar surface area (TPSA) is 104 Å². The number of hydrogen-bond donors (Lipinski definition) is 3. The highest BCUT2D eigenvalue weighted by molar-refractivity contribution is 7.92. The summed E-state index contributed by atoms with van der Waals surface area (Å²) in [5.74, 6) is -1.77. The summed E-state index contributed by atoms with van der Waals surface area (Å²) in [4.78, 5) is 24.4. The first kappa shape index (κ1) is 22.3. The van der Waals surface area contributed by atoms with Crippen LogP contribution in [0.1, 0.15) is 15.9 Å². The largest absolute Gasteiger partial charge is 0.279 e. The van der Waals surface area contributed by atoms with Gasteiger partial charge >= 0.3 is 0 Å². The molecule has 0 aromatic heterocycles. The van der Waals surface area contributed by atoms with Crippen LogP contribution < -0.4 is 15.6 Å². The molecule has 0 radical (unpaired) electrons. The average Bonchev–Trinajstić information content (AvgIpc) is 2.74. The molecule has 10 heteroatoms. The van der Waals surface area contributed by atoms with E-state index in [9.17, 15) is 22.4 Å². The fraction of sp³-hybridized carbons (Fsp3) is 0.0476. The molecule has 0 saturated carbocycles. The molecule has 3 N–H and O–H groups in total. The number of nitrogens with one attached hydrogen (secondary N) is 3.